The molecule has 0 spiro atoms. The van der Waals surface area contributed by atoms with Gasteiger partial charge in [0.15, 0.2) is 16.6 Å². The first-order valence-corrected chi connectivity index (χ1v) is 9.15. The van der Waals surface area contributed by atoms with E-state index >= 15 is 0 Å². The van der Waals surface area contributed by atoms with E-state index in [1.165, 1.54) is 24.5 Å². The van der Waals surface area contributed by atoms with Gasteiger partial charge in [0.25, 0.3) is 5.69 Å². The zero-order chi connectivity index (χ0) is 21.8. The summed E-state index contributed by atoms with van der Waals surface area (Å²) < 4.78 is 34.2. The number of nitrogens with one attached hydrogen (secondary N) is 1. The Kier molecular flexibility index (Phi) is 6.85. The molecule has 1 aromatic heterocycles. The van der Waals surface area contributed by atoms with Crippen LogP contribution in [0.4, 0.5) is 19.6 Å². The van der Waals surface area contributed by atoms with Gasteiger partial charge in [-0.2, -0.15) is 8.78 Å². The van der Waals surface area contributed by atoms with E-state index in [-0.39, 0.29) is 16.7 Å². The zero-order valence-electron chi connectivity index (χ0n) is 16.1. The third-order valence-electron chi connectivity index (χ3n) is 3.64. The van der Waals surface area contributed by atoms with Gasteiger partial charge in [0, 0.05) is 16.9 Å². The summed E-state index contributed by atoms with van der Waals surface area (Å²) in [6, 6.07) is 1.96. The number of nitro groups is 1. The quantitative estimate of drug-likeness (QED) is 0.393. The number of halogens is 2. The Morgan fingerprint density at radius 1 is 1.34 bits per heavy atom. The van der Waals surface area contributed by atoms with Crippen molar-refractivity contribution in [2.75, 3.05) is 12.4 Å². The van der Waals surface area contributed by atoms with Crippen molar-refractivity contribution >= 4 is 34.1 Å². The van der Waals surface area contributed by atoms with Crippen molar-refractivity contribution in [3.63, 3.8) is 0 Å². The number of hydrogen-bond donors (Lipinski definition) is 1. The first-order valence-electron chi connectivity index (χ1n) is 8.27. The molecule has 2 aromatic rings. The third kappa shape index (κ3) is 5.95. The summed E-state index contributed by atoms with van der Waals surface area (Å²) in [7, 11) is 1.20. The van der Waals surface area contributed by atoms with Crippen LogP contribution in [0.25, 0.3) is 6.08 Å². The summed E-state index contributed by atoms with van der Waals surface area (Å²) in [5.74, 6) is -1.17. The van der Waals surface area contributed by atoms with Crippen molar-refractivity contribution in [3.8, 4) is 11.5 Å². The van der Waals surface area contributed by atoms with E-state index < -0.39 is 28.9 Å². The summed E-state index contributed by atoms with van der Waals surface area (Å²) in [5.41, 5.74) is 0.110. The number of nitrogens with zero attached hydrogens (tertiary/aromatic N) is 2. The van der Waals surface area contributed by atoms with Gasteiger partial charge in [-0.3, -0.25) is 20.2 Å². The number of alkyl halides is 2. The Morgan fingerprint density at radius 3 is 2.55 bits per heavy atom. The van der Waals surface area contributed by atoms with E-state index in [1.54, 1.807) is 0 Å². The lowest BCUT2D eigenvalue weighted by Gasteiger charge is -2.14. The van der Waals surface area contributed by atoms with E-state index in [1.807, 2.05) is 26.2 Å². The number of amides is 1. The Hall–Kier alpha value is -3.08. The molecule has 8 nitrogen and oxygen atoms in total. The number of carbonyl (C=O) groups is 1. The minimum absolute atomic E-state index is 0.0156. The largest absolute Gasteiger partial charge is 0.493 e. The highest BCUT2D eigenvalue weighted by molar-refractivity contribution is 7.14. The van der Waals surface area contributed by atoms with Crippen LogP contribution in [0.15, 0.2) is 23.6 Å². The topological polar surface area (TPSA) is 104 Å². The Balaban J connectivity index is 2.25. The molecule has 0 bridgehead atoms. The predicted octanol–water partition coefficient (Wildman–Crippen LogP) is 4.61. The van der Waals surface area contributed by atoms with Gasteiger partial charge < -0.3 is 9.47 Å². The number of rotatable bonds is 7. The van der Waals surface area contributed by atoms with Crippen molar-refractivity contribution in [1.29, 1.82) is 0 Å². The summed E-state index contributed by atoms with van der Waals surface area (Å²) in [5, 5.41) is 16.1. The van der Waals surface area contributed by atoms with Crippen molar-refractivity contribution in [1.82, 2.24) is 4.98 Å². The van der Waals surface area contributed by atoms with Gasteiger partial charge in [-0.15, -0.1) is 11.3 Å². The number of benzene rings is 1. The van der Waals surface area contributed by atoms with Crippen LogP contribution in [0.1, 0.15) is 32.0 Å². The van der Waals surface area contributed by atoms with E-state index in [0.29, 0.717) is 5.13 Å². The molecule has 0 unspecified atom stereocenters. The van der Waals surface area contributed by atoms with Gasteiger partial charge in [0.05, 0.1) is 29.4 Å². The molecule has 1 amide bonds. The van der Waals surface area contributed by atoms with Gasteiger partial charge in [0.1, 0.15) is 0 Å². The predicted molar refractivity (Wildman–Crippen MR) is 105 cm³/mol. The fourth-order valence-corrected chi connectivity index (χ4v) is 3.13. The number of aromatic nitrogens is 1. The summed E-state index contributed by atoms with van der Waals surface area (Å²) in [6.45, 7) is 2.79. The van der Waals surface area contributed by atoms with Gasteiger partial charge in [-0.25, -0.2) is 4.98 Å². The Bertz CT molecular complexity index is 938. The highest BCUT2D eigenvalue weighted by atomic mass is 32.1. The molecule has 0 fully saturated rings. The number of carbonyl (C=O) groups excluding carboxylic acids is 1. The molecule has 29 heavy (non-hydrogen) atoms. The minimum atomic E-state index is -3.17. The molecular weight excluding hydrogens is 408 g/mol. The van der Waals surface area contributed by atoms with Crippen LogP contribution in [-0.4, -0.2) is 29.5 Å². The molecule has 2 rings (SSSR count). The van der Waals surface area contributed by atoms with E-state index in [9.17, 15) is 23.7 Å². The van der Waals surface area contributed by atoms with E-state index in [4.69, 9.17) is 4.74 Å². The maximum Gasteiger partial charge on any atom is 0.387 e. The van der Waals surface area contributed by atoms with Crippen LogP contribution >= 0.6 is 11.3 Å². The molecule has 0 saturated heterocycles. The molecule has 0 aliphatic heterocycles. The van der Waals surface area contributed by atoms with Crippen LogP contribution in [0.2, 0.25) is 0 Å². The monoisotopic (exact) mass is 427 g/mol. The van der Waals surface area contributed by atoms with Crippen molar-refractivity contribution in [3.05, 3.63) is 45.0 Å². The number of hydrogen-bond acceptors (Lipinski definition) is 7. The van der Waals surface area contributed by atoms with Crippen LogP contribution in [0, 0.1) is 10.1 Å². The first kappa shape index (κ1) is 22.2. The fourth-order valence-electron chi connectivity index (χ4n) is 2.19. The maximum atomic E-state index is 12.5. The standard InChI is InChI=1S/C18H19F2N3O5S/c1-18(2,3)14-9-29-17(21-14)22-15(24)6-5-10-7-12(27-4)13(28-16(19)20)8-11(10)23(25)26/h5-9,16H,1-4H3,(H,21,22,24)/b6-5+. The second-order valence-electron chi connectivity index (χ2n) is 6.81. The lowest BCUT2D eigenvalue weighted by molar-refractivity contribution is -0.385. The smallest absolute Gasteiger partial charge is 0.387 e. The molecule has 0 aliphatic rings. The number of methoxy groups -OCH3 is 1. The zero-order valence-corrected chi connectivity index (χ0v) is 16.9. The number of nitro benzene ring substituents is 1. The minimum Gasteiger partial charge on any atom is -0.493 e. The molecule has 0 radical (unpaired) electrons. The molecular formula is C18H19F2N3O5S. The summed E-state index contributed by atoms with van der Waals surface area (Å²) >= 11 is 1.26. The second kappa shape index (κ2) is 8.95. The molecule has 1 heterocycles. The van der Waals surface area contributed by atoms with Crippen LogP contribution in [0.3, 0.4) is 0 Å². The molecule has 11 heteroatoms. The lowest BCUT2D eigenvalue weighted by atomic mass is 9.93. The average molecular weight is 427 g/mol. The fraction of sp³-hybridized carbons (Fsp3) is 0.333. The lowest BCUT2D eigenvalue weighted by Crippen LogP contribution is -2.12. The molecule has 156 valence electrons. The normalized spacial score (nSPS) is 11.7. The van der Waals surface area contributed by atoms with Crippen LogP contribution in [-0.2, 0) is 10.2 Å². The van der Waals surface area contributed by atoms with Gasteiger partial charge in [-0.1, -0.05) is 20.8 Å². The summed E-state index contributed by atoms with van der Waals surface area (Å²) in [6.07, 6.45) is 2.26. The Labute approximate surface area is 169 Å². The third-order valence-corrected chi connectivity index (χ3v) is 4.40. The highest BCUT2D eigenvalue weighted by Crippen LogP contribution is 2.36. The Morgan fingerprint density at radius 2 is 2.03 bits per heavy atom. The van der Waals surface area contributed by atoms with E-state index in [0.717, 1.165) is 23.9 Å². The SMILES string of the molecule is COc1cc(/C=C/C(=O)Nc2nc(C(C)(C)C)cs2)c([N+](=O)[O-])cc1OC(F)F. The van der Waals surface area contributed by atoms with Crippen molar-refractivity contribution in [2.24, 2.45) is 0 Å². The molecule has 1 aromatic carbocycles. The van der Waals surface area contributed by atoms with Crippen LogP contribution < -0.4 is 14.8 Å². The van der Waals surface area contributed by atoms with Gasteiger partial charge in [0.2, 0.25) is 5.91 Å². The van der Waals surface area contributed by atoms with Crippen molar-refractivity contribution in [2.45, 2.75) is 32.8 Å². The number of anilines is 1. The molecule has 0 atom stereocenters. The van der Waals surface area contributed by atoms with Crippen molar-refractivity contribution < 1.29 is 28.0 Å². The van der Waals surface area contributed by atoms with Gasteiger partial charge >= 0.3 is 6.61 Å². The van der Waals surface area contributed by atoms with Gasteiger partial charge in [-0.05, 0) is 12.1 Å². The number of thiazole rings is 1. The van der Waals surface area contributed by atoms with Crippen LogP contribution in [0.5, 0.6) is 11.5 Å². The maximum absolute atomic E-state index is 12.5. The summed E-state index contributed by atoms with van der Waals surface area (Å²) in [4.78, 5) is 27.0. The molecule has 1 N–H and O–H groups in total. The average Bonchev–Trinajstić information content (AvgIpc) is 3.08. The highest BCUT2D eigenvalue weighted by Gasteiger charge is 2.21. The number of ether oxygens (including phenoxy) is 2. The van der Waals surface area contributed by atoms with E-state index in [2.05, 4.69) is 15.0 Å². The second-order valence-corrected chi connectivity index (χ2v) is 7.67. The first-order chi connectivity index (χ1) is 13.5. The molecule has 0 saturated carbocycles. The molecule has 0 aliphatic carbocycles.